The zero-order valence-electron chi connectivity index (χ0n) is 18.7. The quantitative estimate of drug-likeness (QED) is 0.605. The van der Waals surface area contributed by atoms with Crippen LogP contribution in [0.4, 0.5) is 19.0 Å². The van der Waals surface area contributed by atoms with Crippen molar-refractivity contribution in [1.82, 2.24) is 20.1 Å². The Balaban J connectivity index is 1.28. The number of aromatic nitrogens is 3. The molecule has 1 N–H and O–H groups in total. The third kappa shape index (κ3) is 4.38. The molecule has 0 radical (unpaired) electrons. The fraction of sp³-hybridized carbons (Fsp3) is 0.400. The molecule has 1 aliphatic heterocycles. The van der Waals surface area contributed by atoms with Crippen molar-refractivity contribution < 1.29 is 18.0 Å². The summed E-state index contributed by atoms with van der Waals surface area (Å²) in [6.07, 6.45) is 1.08. The van der Waals surface area contributed by atoms with Gasteiger partial charge in [0.1, 0.15) is 5.82 Å². The summed E-state index contributed by atoms with van der Waals surface area (Å²) in [4.78, 5) is 18.6. The Bertz CT molecular complexity index is 1180. The van der Waals surface area contributed by atoms with E-state index in [1.165, 1.54) is 23.5 Å². The van der Waals surface area contributed by atoms with Crippen LogP contribution in [0.3, 0.4) is 0 Å². The van der Waals surface area contributed by atoms with Gasteiger partial charge in [-0.05, 0) is 61.9 Å². The highest BCUT2D eigenvalue weighted by atomic mass is 19.4. The second kappa shape index (κ2) is 9.12. The van der Waals surface area contributed by atoms with E-state index in [4.69, 9.17) is 5.10 Å². The van der Waals surface area contributed by atoms with Crippen LogP contribution in [-0.4, -0.2) is 33.8 Å². The van der Waals surface area contributed by atoms with E-state index in [2.05, 4.69) is 10.3 Å². The molecule has 178 valence electrons. The number of hydrogen-bond acceptors (Lipinski definition) is 4. The number of nitrogens with one attached hydrogen (secondary N) is 1. The molecule has 1 saturated heterocycles. The lowest BCUT2D eigenvalue weighted by atomic mass is 9.96. The Morgan fingerprint density at radius 3 is 2.71 bits per heavy atom. The molecule has 34 heavy (non-hydrogen) atoms. The van der Waals surface area contributed by atoms with Crippen molar-refractivity contribution >= 4 is 11.7 Å². The van der Waals surface area contributed by atoms with Crippen LogP contribution in [0, 0.1) is 5.92 Å². The maximum atomic E-state index is 13.4. The lowest BCUT2D eigenvalue weighted by Crippen LogP contribution is -2.44. The molecule has 0 spiro atoms. The number of benzene rings is 1. The summed E-state index contributed by atoms with van der Waals surface area (Å²) in [5, 5.41) is 7.77. The van der Waals surface area contributed by atoms with Crippen molar-refractivity contribution in [3.8, 4) is 5.69 Å². The van der Waals surface area contributed by atoms with Gasteiger partial charge in [0.2, 0.25) is 5.91 Å². The fourth-order valence-corrected chi connectivity index (χ4v) is 5.01. The van der Waals surface area contributed by atoms with Gasteiger partial charge in [0.15, 0.2) is 0 Å². The van der Waals surface area contributed by atoms with Crippen molar-refractivity contribution in [2.75, 3.05) is 18.0 Å². The predicted molar refractivity (Wildman–Crippen MR) is 122 cm³/mol. The van der Waals surface area contributed by atoms with Gasteiger partial charge in [0.25, 0.3) is 0 Å². The van der Waals surface area contributed by atoms with Crippen LogP contribution >= 0.6 is 0 Å². The van der Waals surface area contributed by atoms with Crippen LogP contribution in [0.25, 0.3) is 5.69 Å². The first kappa shape index (κ1) is 22.4. The highest BCUT2D eigenvalue weighted by Gasteiger charge is 2.37. The summed E-state index contributed by atoms with van der Waals surface area (Å²) in [6, 6.07) is 12.3. The second-order valence-electron chi connectivity index (χ2n) is 8.85. The lowest BCUT2D eigenvalue weighted by Gasteiger charge is -2.34. The number of rotatable bonds is 5. The zero-order valence-corrected chi connectivity index (χ0v) is 18.7. The smallest absolute Gasteiger partial charge is 0.355 e. The summed E-state index contributed by atoms with van der Waals surface area (Å²) in [6.45, 7) is 0.968. The van der Waals surface area contributed by atoms with Crippen LogP contribution < -0.4 is 10.2 Å². The molecule has 1 aliphatic carbocycles. The minimum Gasteiger partial charge on any atom is -0.355 e. The largest absolute Gasteiger partial charge is 0.419 e. The molecular formula is C25H26F3N5O. The average Bonchev–Trinajstić information content (AvgIpc) is 3.46. The van der Waals surface area contributed by atoms with E-state index in [-0.39, 0.29) is 18.3 Å². The van der Waals surface area contributed by atoms with Crippen LogP contribution in [0.2, 0.25) is 0 Å². The maximum absolute atomic E-state index is 13.4. The van der Waals surface area contributed by atoms with Gasteiger partial charge in [0.05, 0.1) is 29.4 Å². The van der Waals surface area contributed by atoms with Gasteiger partial charge >= 0.3 is 6.18 Å². The number of piperidine rings is 1. The Morgan fingerprint density at radius 2 is 1.91 bits per heavy atom. The van der Waals surface area contributed by atoms with Crippen molar-refractivity contribution in [3.63, 3.8) is 0 Å². The molecule has 2 aliphatic rings. The number of halogens is 3. The van der Waals surface area contributed by atoms with E-state index in [9.17, 15) is 18.0 Å². The maximum Gasteiger partial charge on any atom is 0.419 e. The van der Waals surface area contributed by atoms with Gasteiger partial charge in [-0.25, -0.2) is 9.67 Å². The zero-order chi connectivity index (χ0) is 23.7. The molecule has 3 aromatic rings. The summed E-state index contributed by atoms with van der Waals surface area (Å²) in [5.74, 6) is -0.664. The van der Waals surface area contributed by atoms with Crippen LogP contribution in [0.5, 0.6) is 0 Å². The summed E-state index contributed by atoms with van der Waals surface area (Å²) < 4.78 is 42.3. The minimum atomic E-state index is -4.49. The molecule has 2 aromatic heterocycles. The van der Waals surface area contributed by atoms with E-state index in [1.807, 2.05) is 35.0 Å². The number of carbonyl (C=O) groups is 1. The predicted octanol–water partition coefficient (Wildman–Crippen LogP) is 4.31. The first-order valence-electron chi connectivity index (χ1n) is 11.6. The normalized spacial score (nSPS) is 18.1. The SMILES string of the molecule is O=C(NCc1nn(-c2ccccc2)c2c1CCC2)C1CCCN(c2ncccc2C(F)(F)F)C1. The number of hydrogen-bond donors (Lipinski definition) is 1. The minimum absolute atomic E-state index is 0.105. The Morgan fingerprint density at radius 1 is 1.09 bits per heavy atom. The van der Waals surface area contributed by atoms with Crippen molar-refractivity contribution in [2.24, 2.45) is 5.92 Å². The van der Waals surface area contributed by atoms with Crippen molar-refractivity contribution in [2.45, 2.75) is 44.8 Å². The number of fused-ring (bicyclic) bond motifs is 1. The number of carbonyl (C=O) groups excluding carboxylic acids is 1. The first-order valence-corrected chi connectivity index (χ1v) is 11.6. The standard InChI is InChI=1S/C25H26F3N5O/c26-25(27,28)20-11-5-13-29-23(20)32-14-6-7-17(16-32)24(34)30-15-21-19-10-4-12-22(19)33(31-21)18-8-2-1-3-9-18/h1-3,5,8-9,11,13,17H,4,6-7,10,12,14-16H2,(H,30,34). The number of nitrogens with zero attached hydrogens (tertiary/aromatic N) is 4. The number of alkyl halides is 3. The highest BCUT2D eigenvalue weighted by molar-refractivity contribution is 5.79. The van der Waals surface area contributed by atoms with Gasteiger partial charge in [0, 0.05) is 25.0 Å². The first-order chi connectivity index (χ1) is 16.4. The van der Waals surface area contributed by atoms with Gasteiger partial charge in [-0.3, -0.25) is 4.79 Å². The molecule has 1 unspecified atom stereocenters. The molecule has 3 heterocycles. The molecule has 1 amide bonds. The topological polar surface area (TPSA) is 63.1 Å². The van der Waals surface area contributed by atoms with Gasteiger partial charge < -0.3 is 10.2 Å². The summed E-state index contributed by atoms with van der Waals surface area (Å²) in [7, 11) is 0. The van der Waals surface area contributed by atoms with Crippen LogP contribution in [-0.2, 0) is 30.4 Å². The van der Waals surface area contributed by atoms with Gasteiger partial charge in [-0.1, -0.05) is 18.2 Å². The molecule has 1 aromatic carbocycles. The van der Waals surface area contributed by atoms with Gasteiger partial charge in [-0.15, -0.1) is 0 Å². The Kier molecular flexibility index (Phi) is 6.02. The molecular weight excluding hydrogens is 443 g/mol. The van der Waals surface area contributed by atoms with Crippen molar-refractivity contribution in [1.29, 1.82) is 0 Å². The summed E-state index contributed by atoms with van der Waals surface area (Å²) >= 11 is 0. The monoisotopic (exact) mass is 469 g/mol. The molecule has 5 rings (SSSR count). The van der Waals surface area contributed by atoms with E-state index in [0.717, 1.165) is 36.7 Å². The molecule has 0 bridgehead atoms. The van der Waals surface area contributed by atoms with Crippen LogP contribution in [0.1, 0.15) is 41.8 Å². The number of anilines is 1. The summed E-state index contributed by atoms with van der Waals surface area (Å²) in [5.41, 5.74) is 3.48. The Labute approximate surface area is 195 Å². The van der Waals surface area contributed by atoms with Crippen LogP contribution in [0.15, 0.2) is 48.7 Å². The van der Waals surface area contributed by atoms with E-state index in [0.29, 0.717) is 25.9 Å². The highest BCUT2D eigenvalue weighted by Crippen LogP contribution is 2.36. The molecule has 6 nitrogen and oxygen atoms in total. The van der Waals surface area contributed by atoms with E-state index in [1.54, 1.807) is 4.90 Å². The van der Waals surface area contributed by atoms with Crippen molar-refractivity contribution in [3.05, 3.63) is 71.2 Å². The molecule has 1 fully saturated rings. The van der Waals surface area contributed by atoms with E-state index >= 15 is 0 Å². The Hall–Kier alpha value is -3.36. The number of amides is 1. The number of pyridine rings is 1. The van der Waals surface area contributed by atoms with E-state index < -0.39 is 17.7 Å². The fourth-order valence-electron chi connectivity index (χ4n) is 5.01. The molecule has 9 heteroatoms. The molecule has 1 atom stereocenters. The number of para-hydroxylation sites is 1. The molecule has 0 saturated carbocycles. The average molecular weight is 470 g/mol. The lowest BCUT2D eigenvalue weighted by molar-refractivity contribution is -0.137. The van der Waals surface area contributed by atoms with Gasteiger partial charge in [-0.2, -0.15) is 18.3 Å². The third-order valence-corrected chi connectivity index (χ3v) is 6.63. The third-order valence-electron chi connectivity index (χ3n) is 6.63. The second-order valence-corrected chi connectivity index (χ2v) is 8.85.